The van der Waals surface area contributed by atoms with E-state index in [0.29, 0.717) is 5.02 Å². The van der Waals surface area contributed by atoms with Crippen molar-refractivity contribution in [2.45, 2.75) is 0 Å². The Morgan fingerprint density at radius 2 is 1.88 bits per heavy atom. The van der Waals surface area contributed by atoms with Gasteiger partial charge < -0.3 is 0 Å². The smallest absolute Gasteiger partial charge is 0.164 e. The normalized spacial score (nSPS) is 10.8. The maximum absolute atomic E-state index is 6.06. The summed E-state index contributed by atoms with van der Waals surface area (Å²) in [6, 6.07) is 11.6. The van der Waals surface area contributed by atoms with Crippen LogP contribution in [0.2, 0.25) is 5.02 Å². The average molecular weight is 230 g/mol. The Kier molecular flexibility index (Phi) is 2.11. The van der Waals surface area contributed by atoms with E-state index in [4.69, 9.17) is 11.6 Å². The fourth-order valence-electron chi connectivity index (χ4n) is 1.66. The van der Waals surface area contributed by atoms with Gasteiger partial charge in [0.2, 0.25) is 0 Å². The topological polar surface area (TPSA) is 30.7 Å². The zero-order chi connectivity index (χ0) is 11.0. The third-order valence-electron chi connectivity index (χ3n) is 2.42. The van der Waals surface area contributed by atoms with Crippen molar-refractivity contribution in [3.63, 3.8) is 0 Å². The summed E-state index contributed by atoms with van der Waals surface area (Å²) < 4.78 is 1.78. The van der Waals surface area contributed by atoms with Crippen molar-refractivity contribution in [1.82, 2.24) is 14.8 Å². The first kappa shape index (κ1) is 9.36. The Morgan fingerprint density at radius 3 is 2.69 bits per heavy atom. The molecule has 3 rings (SSSR count). The number of nitrogens with zero attached hydrogens (tertiary/aromatic N) is 3. The molecule has 4 heteroatoms. The van der Waals surface area contributed by atoms with Gasteiger partial charge in [0.1, 0.15) is 0 Å². The summed E-state index contributed by atoms with van der Waals surface area (Å²) in [7, 11) is 0. The molecule has 0 aliphatic heterocycles. The van der Waals surface area contributed by atoms with Crippen LogP contribution in [0, 0.1) is 0 Å². The molecule has 0 aliphatic rings. The summed E-state index contributed by atoms with van der Waals surface area (Å²) in [4.78, 5) is 4.29. The van der Waals surface area contributed by atoms with Gasteiger partial charge in [0.25, 0.3) is 0 Å². The largest absolute Gasteiger partial charge is 0.236 e. The fraction of sp³-hybridized carbons (Fsp3) is 0. The summed E-state index contributed by atoms with van der Waals surface area (Å²) in [6.07, 6.45) is 3.42. The van der Waals surface area contributed by atoms with Crippen LogP contribution in [0.3, 0.4) is 0 Å². The van der Waals surface area contributed by atoms with Crippen molar-refractivity contribution in [3.05, 3.63) is 53.8 Å². The van der Waals surface area contributed by atoms with Crippen molar-refractivity contribution in [1.29, 1.82) is 0 Å². The first-order valence-electron chi connectivity index (χ1n) is 4.90. The lowest BCUT2D eigenvalue weighted by molar-refractivity contribution is 0.897. The molecule has 3 aromatic rings. The van der Waals surface area contributed by atoms with E-state index in [1.165, 1.54) is 0 Å². The molecule has 0 unspecified atom stereocenters. The maximum atomic E-state index is 6.06. The second-order valence-corrected chi connectivity index (χ2v) is 3.83. The minimum absolute atomic E-state index is 0.673. The summed E-state index contributed by atoms with van der Waals surface area (Å²) in [5.41, 5.74) is 1.76. The lowest BCUT2D eigenvalue weighted by Gasteiger charge is -2.01. The predicted molar refractivity (Wildman–Crippen MR) is 63.9 cm³/mol. The van der Waals surface area contributed by atoms with E-state index in [9.17, 15) is 0 Å². The molecule has 0 bridgehead atoms. The Hall–Kier alpha value is -1.87. The van der Waals surface area contributed by atoms with Crippen LogP contribution in [0.25, 0.3) is 16.7 Å². The van der Waals surface area contributed by atoms with E-state index in [1.807, 2.05) is 30.3 Å². The number of hydrogen-bond acceptors (Lipinski definition) is 2. The number of para-hydroxylation sites is 1. The first-order chi connectivity index (χ1) is 7.86. The zero-order valence-electron chi connectivity index (χ0n) is 8.34. The molecule has 16 heavy (non-hydrogen) atoms. The van der Waals surface area contributed by atoms with E-state index >= 15 is 0 Å². The molecule has 0 spiro atoms. The van der Waals surface area contributed by atoms with Crippen LogP contribution in [-0.4, -0.2) is 14.8 Å². The molecular formula is C12H8ClN3. The average Bonchev–Trinajstić information content (AvgIpc) is 2.75. The van der Waals surface area contributed by atoms with Crippen LogP contribution >= 0.6 is 11.6 Å². The predicted octanol–water partition coefficient (Wildman–Crippen LogP) is 3.07. The number of aromatic nitrogens is 3. The van der Waals surface area contributed by atoms with Crippen molar-refractivity contribution >= 4 is 22.6 Å². The van der Waals surface area contributed by atoms with Gasteiger partial charge in [-0.25, -0.2) is 9.67 Å². The van der Waals surface area contributed by atoms with E-state index in [0.717, 1.165) is 16.7 Å². The van der Waals surface area contributed by atoms with Crippen molar-refractivity contribution in [2.24, 2.45) is 0 Å². The van der Waals surface area contributed by atoms with Crippen molar-refractivity contribution in [2.75, 3.05) is 0 Å². The van der Waals surface area contributed by atoms with Crippen LogP contribution in [0.15, 0.2) is 48.8 Å². The summed E-state index contributed by atoms with van der Waals surface area (Å²) in [5, 5.41) is 5.84. The lowest BCUT2D eigenvalue weighted by Crippen LogP contribution is -1.96. The molecule has 0 saturated carbocycles. The van der Waals surface area contributed by atoms with Gasteiger partial charge in [-0.15, -0.1) is 0 Å². The van der Waals surface area contributed by atoms with Crippen molar-refractivity contribution in [3.8, 4) is 5.69 Å². The number of benzene rings is 1. The summed E-state index contributed by atoms with van der Waals surface area (Å²) in [6.45, 7) is 0. The second kappa shape index (κ2) is 3.61. The van der Waals surface area contributed by atoms with Crippen LogP contribution < -0.4 is 0 Å². The van der Waals surface area contributed by atoms with E-state index in [-0.39, 0.29) is 0 Å². The highest BCUT2D eigenvalue weighted by Crippen LogP contribution is 2.22. The van der Waals surface area contributed by atoms with Gasteiger partial charge in [-0.1, -0.05) is 29.8 Å². The Balaban J connectivity index is 2.30. The number of fused-ring (bicyclic) bond motifs is 1. The molecule has 0 N–H and O–H groups in total. The van der Waals surface area contributed by atoms with Crippen LogP contribution in [0.5, 0.6) is 0 Å². The number of hydrogen-bond donors (Lipinski definition) is 0. The minimum Gasteiger partial charge on any atom is -0.236 e. The molecule has 0 atom stereocenters. The van der Waals surface area contributed by atoms with E-state index in [2.05, 4.69) is 10.1 Å². The standard InChI is InChI=1S/C12H8ClN3/c13-11-6-7-14-12-10(11)8-15-16(12)9-4-2-1-3-5-9/h1-8H. The number of halogens is 1. The molecule has 0 fully saturated rings. The summed E-state index contributed by atoms with van der Waals surface area (Å²) >= 11 is 6.06. The number of rotatable bonds is 1. The molecule has 2 aromatic heterocycles. The molecule has 78 valence electrons. The number of pyridine rings is 1. The molecule has 0 amide bonds. The van der Waals surface area contributed by atoms with Crippen LogP contribution in [-0.2, 0) is 0 Å². The Labute approximate surface area is 97.3 Å². The SMILES string of the molecule is Clc1ccnc2c1cnn2-c1ccccc1. The molecule has 0 aliphatic carbocycles. The van der Waals surface area contributed by atoms with Crippen LogP contribution in [0.1, 0.15) is 0 Å². The molecular weight excluding hydrogens is 222 g/mol. The molecule has 0 radical (unpaired) electrons. The third kappa shape index (κ3) is 1.37. The molecule has 2 heterocycles. The van der Waals surface area contributed by atoms with Crippen LogP contribution in [0.4, 0.5) is 0 Å². The second-order valence-electron chi connectivity index (χ2n) is 3.42. The zero-order valence-corrected chi connectivity index (χ0v) is 9.09. The molecule has 3 nitrogen and oxygen atoms in total. The Morgan fingerprint density at radius 1 is 1.06 bits per heavy atom. The lowest BCUT2D eigenvalue weighted by atomic mass is 10.3. The Bertz CT molecular complexity index is 631. The molecule has 1 aromatic carbocycles. The van der Waals surface area contributed by atoms with Gasteiger partial charge in [0.05, 0.1) is 22.3 Å². The fourth-order valence-corrected chi connectivity index (χ4v) is 1.85. The highest BCUT2D eigenvalue weighted by Gasteiger charge is 2.07. The van der Waals surface area contributed by atoms with Gasteiger partial charge in [0.15, 0.2) is 5.65 Å². The van der Waals surface area contributed by atoms with Crippen molar-refractivity contribution < 1.29 is 0 Å². The first-order valence-corrected chi connectivity index (χ1v) is 5.28. The molecule has 0 saturated heterocycles. The minimum atomic E-state index is 0.673. The third-order valence-corrected chi connectivity index (χ3v) is 2.75. The maximum Gasteiger partial charge on any atom is 0.164 e. The van der Waals surface area contributed by atoms with Gasteiger partial charge in [-0.05, 0) is 18.2 Å². The quantitative estimate of drug-likeness (QED) is 0.642. The summed E-state index contributed by atoms with van der Waals surface area (Å²) in [5.74, 6) is 0. The monoisotopic (exact) mass is 229 g/mol. The van der Waals surface area contributed by atoms with E-state index < -0.39 is 0 Å². The van der Waals surface area contributed by atoms with Gasteiger partial charge in [0, 0.05) is 6.20 Å². The van der Waals surface area contributed by atoms with Gasteiger partial charge in [-0.2, -0.15) is 5.10 Å². The highest BCUT2D eigenvalue weighted by molar-refractivity contribution is 6.35. The van der Waals surface area contributed by atoms with Gasteiger partial charge >= 0.3 is 0 Å². The highest BCUT2D eigenvalue weighted by atomic mass is 35.5. The van der Waals surface area contributed by atoms with Gasteiger partial charge in [-0.3, -0.25) is 0 Å². The van der Waals surface area contributed by atoms with E-state index in [1.54, 1.807) is 23.1 Å².